The third-order valence-electron chi connectivity index (χ3n) is 5.53. The second kappa shape index (κ2) is 6.46. The van der Waals surface area contributed by atoms with E-state index in [1.165, 1.54) is 18.9 Å². The van der Waals surface area contributed by atoms with Crippen LogP contribution in [-0.2, 0) is 4.43 Å². The molecule has 0 aromatic heterocycles. The molecule has 1 heterocycles. The average Bonchev–Trinajstić information content (AvgIpc) is 2.20. The Morgan fingerprint density at radius 3 is 2.00 bits per heavy atom. The van der Waals surface area contributed by atoms with Gasteiger partial charge < -0.3 is 9.33 Å². The second-order valence-corrected chi connectivity index (χ2v) is 20.2. The number of hydrogen-bond acceptors (Lipinski definition) is 2. The lowest BCUT2D eigenvalue weighted by molar-refractivity contribution is 0.0351. The van der Waals surface area contributed by atoms with Crippen LogP contribution < -0.4 is 0 Å². The van der Waals surface area contributed by atoms with Crippen LogP contribution in [0.15, 0.2) is 0 Å². The first kappa shape index (κ1) is 19.4. The fraction of sp³-hybridized carbons (Fsp3) is 1.00. The zero-order valence-electron chi connectivity index (χ0n) is 16.2. The number of piperidine rings is 1. The molecular formula is C17H39NOSi2. The summed E-state index contributed by atoms with van der Waals surface area (Å²) in [6.45, 7) is 21.7. The van der Waals surface area contributed by atoms with Crippen LogP contribution in [0.25, 0.3) is 0 Å². The molecule has 3 atom stereocenters. The van der Waals surface area contributed by atoms with Gasteiger partial charge >= 0.3 is 0 Å². The Bertz CT molecular complexity index is 344. The summed E-state index contributed by atoms with van der Waals surface area (Å²) in [6.07, 6.45) is 2.90. The van der Waals surface area contributed by atoms with Crippen molar-refractivity contribution in [3.05, 3.63) is 0 Å². The smallest absolute Gasteiger partial charge is 0.192 e. The monoisotopic (exact) mass is 329 g/mol. The van der Waals surface area contributed by atoms with Gasteiger partial charge in [-0.25, -0.2) is 0 Å². The maximum absolute atomic E-state index is 6.73. The van der Waals surface area contributed by atoms with Crippen LogP contribution in [0.1, 0.15) is 40.5 Å². The third kappa shape index (κ3) is 5.49. The molecule has 0 saturated carbocycles. The highest BCUT2D eigenvalue weighted by atomic mass is 28.4. The van der Waals surface area contributed by atoms with E-state index in [9.17, 15) is 0 Å². The molecule has 1 aliphatic heterocycles. The quantitative estimate of drug-likeness (QED) is 0.657. The zero-order valence-corrected chi connectivity index (χ0v) is 18.2. The van der Waals surface area contributed by atoms with E-state index in [2.05, 4.69) is 72.4 Å². The molecule has 0 bridgehead atoms. The van der Waals surface area contributed by atoms with E-state index in [4.69, 9.17) is 4.43 Å². The Kier molecular flexibility index (Phi) is 5.97. The van der Waals surface area contributed by atoms with Crippen molar-refractivity contribution in [1.29, 1.82) is 0 Å². The van der Waals surface area contributed by atoms with Gasteiger partial charge in [-0.05, 0) is 51.0 Å². The Morgan fingerprint density at radius 2 is 1.57 bits per heavy atom. The van der Waals surface area contributed by atoms with Crippen molar-refractivity contribution in [2.45, 2.75) is 103 Å². The normalized spacial score (nSPS) is 29.7. The summed E-state index contributed by atoms with van der Waals surface area (Å²) in [6, 6.07) is 2.76. The molecule has 0 aliphatic carbocycles. The van der Waals surface area contributed by atoms with Crippen molar-refractivity contribution in [3.8, 4) is 0 Å². The molecule has 0 aromatic rings. The molecule has 1 fully saturated rings. The number of rotatable bonds is 4. The predicted octanol–water partition coefficient (Wildman–Crippen LogP) is 5.20. The van der Waals surface area contributed by atoms with Crippen LogP contribution in [0.3, 0.4) is 0 Å². The SMILES string of the molecule is C[C@H]1C[C@@H](O[Si](C)(C)C(C)(C)C)C[C@@H](C[Si](C)(C)C)N1C. The number of likely N-dealkylation sites (tertiary alicyclic amines) is 1. The summed E-state index contributed by atoms with van der Waals surface area (Å²) in [5.74, 6) is 0. The summed E-state index contributed by atoms with van der Waals surface area (Å²) in [5.41, 5.74) is 0. The molecular weight excluding hydrogens is 290 g/mol. The number of nitrogens with zero attached hydrogens (tertiary/aromatic N) is 1. The van der Waals surface area contributed by atoms with Gasteiger partial charge in [0.05, 0.1) is 0 Å². The molecule has 0 N–H and O–H groups in total. The lowest BCUT2D eigenvalue weighted by Gasteiger charge is -2.47. The fourth-order valence-electron chi connectivity index (χ4n) is 3.10. The zero-order chi connectivity index (χ0) is 16.6. The lowest BCUT2D eigenvalue weighted by atomic mass is 9.96. The van der Waals surface area contributed by atoms with E-state index < -0.39 is 16.4 Å². The summed E-state index contributed by atoms with van der Waals surface area (Å²) in [7, 11) is -0.349. The first-order chi connectivity index (χ1) is 9.23. The van der Waals surface area contributed by atoms with E-state index >= 15 is 0 Å². The van der Waals surface area contributed by atoms with E-state index in [0.29, 0.717) is 17.2 Å². The van der Waals surface area contributed by atoms with Crippen molar-refractivity contribution in [3.63, 3.8) is 0 Å². The summed E-state index contributed by atoms with van der Waals surface area (Å²) < 4.78 is 6.73. The van der Waals surface area contributed by atoms with Gasteiger partial charge in [-0.15, -0.1) is 0 Å². The van der Waals surface area contributed by atoms with Crippen LogP contribution in [0.2, 0.25) is 43.8 Å². The van der Waals surface area contributed by atoms with Crippen molar-refractivity contribution in [2.24, 2.45) is 0 Å². The van der Waals surface area contributed by atoms with Crippen LogP contribution in [-0.4, -0.2) is 46.5 Å². The molecule has 1 rings (SSSR count). The molecule has 0 aromatic carbocycles. The van der Waals surface area contributed by atoms with Crippen molar-refractivity contribution < 1.29 is 4.43 Å². The number of hydrogen-bond donors (Lipinski definition) is 0. The van der Waals surface area contributed by atoms with Crippen LogP contribution >= 0.6 is 0 Å². The fourth-order valence-corrected chi connectivity index (χ4v) is 6.34. The molecule has 0 spiro atoms. The molecule has 4 heteroatoms. The Hall–Kier alpha value is 0.354. The standard InChI is InChI=1S/C17H39NOSi2/c1-14-11-16(19-21(9,10)17(2,3)4)12-15(18(14)5)13-20(6,7)8/h14-16H,11-13H2,1-10H3/t14-,15-,16+/m0/s1. The van der Waals surface area contributed by atoms with E-state index in [1.54, 1.807) is 0 Å². The molecule has 1 saturated heterocycles. The minimum Gasteiger partial charge on any atom is -0.414 e. The summed E-state index contributed by atoms with van der Waals surface area (Å²) in [4.78, 5) is 2.61. The Morgan fingerprint density at radius 1 is 1.05 bits per heavy atom. The van der Waals surface area contributed by atoms with E-state index in [-0.39, 0.29) is 0 Å². The Balaban J connectivity index is 2.78. The van der Waals surface area contributed by atoms with E-state index in [0.717, 1.165) is 6.04 Å². The molecule has 2 nitrogen and oxygen atoms in total. The van der Waals surface area contributed by atoms with Gasteiger partial charge in [-0.3, -0.25) is 0 Å². The molecule has 21 heavy (non-hydrogen) atoms. The first-order valence-corrected chi connectivity index (χ1v) is 15.2. The summed E-state index contributed by atoms with van der Waals surface area (Å²) >= 11 is 0. The third-order valence-corrected chi connectivity index (χ3v) is 11.8. The minimum absolute atomic E-state index is 0.313. The second-order valence-electron chi connectivity index (χ2n) is 9.90. The molecule has 0 amide bonds. The van der Waals surface area contributed by atoms with Gasteiger partial charge in [0.1, 0.15) is 0 Å². The topological polar surface area (TPSA) is 12.5 Å². The average molecular weight is 330 g/mol. The largest absolute Gasteiger partial charge is 0.414 e. The van der Waals surface area contributed by atoms with Crippen molar-refractivity contribution in [2.75, 3.05) is 7.05 Å². The highest BCUT2D eigenvalue weighted by Crippen LogP contribution is 2.40. The van der Waals surface area contributed by atoms with E-state index in [1.807, 2.05) is 0 Å². The van der Waals surface area contributed by atoms with Crippen LogP contribution in [0.5, 0.6) is 0 Å². The van der Waals surface area contributed by atoms with Crippen molar-refractivity contribution in [1.82, 2.24) is 4.90 Å². The van der Waals surface area contributed by atoms with Gasteiger partial charge in [0.2, 0.25) is 0 Å². The lowest BCUT2D eigenvalue weighted by Crippen LogP contribution is -2.53. The minimum atomic E-state index is -1.64. The highest BCUT2D eigenvalue weighted by Gasteiger charge is 2.42. The maximum atomic E-state index is 6.73. The molecule has 126 valence electrons. The highest BCUT2D eigenvalue weighted by molar-refractivity contribution is 6.76. The first-order valence-electron chi connectivity index (χ1n) is 8.63. The maximum Gasteiger partial charge on any atom is 0.192 e. The molecule has 1 aliphatic rings. The van der Waals surface area contributed by atoms with Gasteiger partial charge in [0.15, 0.2) is 8.32 Å². The molecule has 0 unspecified atom stereocenters. The summed E-state index contributed by atoms with van der Waals surface area (Å²) in [5, 5.41) is 0.313. The molecule has 0 radical (unpaired) electrons. The van der Waals surface area contributed by atoms with Crippen LogP contribution in [0.4, 0.5) is 0 Å². The van der Waals surface area contributed by atoms with Gasteiger partial charge in [-0.1, -0.05) is 40.4 Å². The van der Waals surface area contributed by atoms with Gasteiger partial charge in [0, 0.05) is 26.3 Å². The van der Waals surface area contributed by atoms with Crippen LogP contribution in [0, 0.1) is 0 Å². The Labute approximate surface area is 135 Å². The van der Waals surface area contributed by atoms with Gasteiger partial charge in [-0.2, -0.15) is 0 Å². The van der Waals surface area contributed by atoms with Crippen molar-refractivity contribution >= 4 is 16.4 Å². The predicted molar refractivity (Wildman–Crippen MR) is 100 cm³/mol. The van der Waals surface area contributed by atoms with Gasteiger partial charge in [0.25, 0.3) is 0 Å².